The second-order valence-corrected chi connectivity index (χ2v) is 6.49. The van der Waals surface area contributed by atoms with Gasteiger partial charge in [0.15, 0.2) is 5.13 Å². The summed E-state index contributed by atoms with van der Waals surface area (Å²) in [6, 6.07) is 1.95. The minimum absolute atomic E-state index is 0.195. The Morgan fingerprint density at radius 3 is 3.00 bits per heavy atom. The normalized spacial score (nSPS) is 10.4. The number of hydrogen-bond donors (Lipinski definition) is 3. The van der Waals surface area contributed by atoms with Crippen LogP contribution >= 0.6 is 38.6 Å². The zero-order valence-corrected chi connectivity index (χ0v) is 13.4. The highest BCUT2D eigenvalue weighted by Crippen LogP contribution is 2.26. The summed E-state index contributed by atoms with van der Waals surface area (Å²) in [7, 11) is 0. The maximum Gasteiger partial charge on any atom is 0.265 e. The first-order chi connectivity index (χ1) is 9.11. The summed E-state index contributed by atoms with van der Waals surface area (Å²) in [5.41, 5.74) is 5.74. The number of carbonyl (C=O) groups excluding carboxylic acids is 1. The van der Waals surface area contributed by atoms with Crippen LogP contribution in [0.5, 0.6) is 0 Å². The van der Waals surface area contributed by atoms with Gasteiger partial charge in [0.1, 0.15) is 10.7 Å². The average Bonchev–Trinajstić information content (AvgIpc) is 2.93. The number of nitrogens with two attached hydrogens (primary N) is 1. The first kappa shape index (κ1) is 14.3. The van der Waals surface area contributed by atoms with E-state index in [1.165, 1.54) is 11.3 Å². The molecule has 2 aromatic heterocycles. The van der Waals surface area contributed by atoms with Crippen molar-refractivity contribution < 1.29 is 4.79 Å². The number of anilines is 2. The van der Waals surface area contributed by atoms with E-state index in [-0.39, 0.29) is 11.7 Å². The lowest BCUT2D eigenvalue weighted by molar-refractivity contribution is 0.0956. The van der Waals surface area contributed by atoms with Crippen molar-refractivity contribution in [1.82, 2.24) is 10.3 Å². The summed E-state index contributed by atoms with van der Waals surface area (Å²) in [5.74, 6) is 0.0724. The smallest absolute Gasteiger partial charge is 0.265 e. The molecule has 0 aliphatic heterocycles. The van der Waals surface area contributed by atoms with Gasteiger partial charge in [-0.05, 0) is 34.3 Å². The second-order valence-electron chi connectivity index (χ2n) is 3.64. The van der Waals surface area contributed by atoms with Crippen LogP contribution in [0.15, 0.2) is 15.9 Å². The number of carbonyl (C=O) groups is 1. The van der Waals surface area contributed by atoms with Gasteiger partial charge < -0.3 is 16.4 Å². The predicted octanol–water partition coefficient (Wildman–Crippen LogP) is 2.91. The van der Waals surface area contributed by atoms with Crippen molar-refractivity contribution in [3.05, 3.63) is 25.7 Å². The van der Waals surface area contributed by atoms with E-state index in [4.69, 9.17) is 5.73 Å². The number of nitrogens with one attached hydrogen (secondary N) is 2. The Hall–Kier alpha value is -1.12. The Morgan fingerprint density at radius 1 is 1.58 bits per heavy atom. The minimum Gasteiger partial charge on any atom is -0.382 e. The number of thiazole rings is 1. The molecule has 2 aromatic rings. The van der Waals surface area contributed by atoms with Crippen molar-refractivity contribution in [3.8, 4) is 0 Å². The molecule has 0 spiro atoms. The van der Waals surface area contributed by atoms with E-state index < -0.39 is 0 Å². The van der Waals surface area contributed by atoms with Gasteiger partial charge in [-0.2, -0.15) is 0 Å². The lowest BCUT2D eigenvalue weighted by Crippen LogP contribution is -2.22. The Bertz CT molecular complexity index is 581. The summed E-state index contributed by atoms with van der Waals surface area (Å²) in [5, 5.41) is 8.52. The molecular formula is C11H13BrN4OS2. The lowest BCUT2D eigenvalue weighted by Gasteiger charge is -2.02. The molecule has 0 saturated carbocycles. The van der Waals surface area contributed by atoms with Crippen LogP contribution < -0.4 is 16.4 Å². The average molecular weight is 361 g/mol. The third-order valence-corrected chi connectivity index (χ3v) is 5.24. The third kappa shape index (κ3) is 3.46. The first-order valence-electron chi connectivity index (χ1n) is 5.62. The minimum atomic E-state index is -0.195. The highest BCUT2D eigenvalue weighted by molar-refractivity contribution is 9.10. The van der Waals surface area contributed by atoms with Crippen LogP contribution in [0, 0.1) is 0 Å². The molecule has 0 aliphatic carbocycles. The Morgan fingerprint density at radius 2 is 2.37 bits per heavy atom. The van der Waals surface area contributed by atoms with Crippen LogP contribution in [-0.2, 0) is 6.54 Å². The van der Waals surface area contributed by atoms with E-state index in [1.807, 2.05) is 18.4 Å². The number of nitrogen functional groups attached to an aromatic ring is 1. The van der Waals surface area contributed by atoms with E-state index in [9.17, 15) is 4.79 Å². The van der Waals surface area contributed by atoms with Gasteiger partial charge >= 0.3 is 0 Å². The van der Waals surface area contributed by atoms with E-state index in [0.717, 1.165) is 15.9 Å². The molecule has 0 radical (unpaired) electrons. The number of halogens is 1. The van der Waals surface area contributed by atoms with Gasteiger partial charge in [-0.1, -0.05) is 11.3 Å². The molecule has 8 heteroatoms. The third-order valence-electron chi connectivity index (χ3n) is 2.29. The Kier molecular flexibility index (Phi) is 4.78. The van der Waals surface area contributed by atoms with Crippen molar-refractivity contribution in [3.63, 3.8) is 0 Å². The molecule has 0 aliphatic rings. The fourth-order valence-corrected chi connectivity index (χ4v) is 3.71. The fourth-order valence-electron chi connectivity index (χ4n) is 1.41. The van der Waals surface area contributed by atoms with Gasteiger partial charge in [0.25, 0.3) is 5.91 Å². The summed E-state index contributed by atoms with van der Waals surface area (Å²) in [6.07, 6.45) is 0. The summed E-state index contributed by atoms with van der Waals surface area (Å²) >= 11 is 6.28. The van der Waals surface area contributed by atoms with Crippen LogP contribution in [0.25, 0.3) is 0 Å². The predicted molar refractivity (Wildman–Crippen MR) is 83.9 cm³/mol. The van der Waals surface area contributed by atoms with Gasteiger partial charge in [-0.25, -0.2) is 4.98 Å². The molecule has 0 atom stereocenters. The van der Waals surface area contributed by atoms with E-state index >= 15 is 0 Å². The van der Waals surface area contributed by atoms with Crippen LogP contribution in [0.1, 0.15) is 21.5 Å². The van der Waals surface area contributed by atoms with Crippen LogP contribution in [0.2, 0.25) is 0 Å². The number of thiophene rings is 1. The van der Waals surface area contributed by atoms with Crippen molar-refractivity contribution in [1.29, 1.82) is 0 Å². The largest absolute Gasteiger partial charge is 0.382 e. The molecule has 0 aromatic carbocycles. The molecule has 1 amide bonds. The summed E-state index contributed by atoms with van der Waals surface area (Å²) in [6.45, 7) is 3.19. The number of nitrogens with zero attached hydrogens (tertiary/aromatic N) is 1. The molecule has 0 saturated heterocycles. The van der Waals surface area contributed by atoms with Crippen LogP contribution in [-0.4, -0.2) is 17.4 Å². The van der Waals surface area contributed by atoms with Gasteiger partial charge in [-0.15, -0.1) is 11.3 Å². The van der Waals surface area contributed by atoms with Gasteiger partial charge in [0.2, 0.25) is 0 Å². The molecule has 0 unspecified atom stereocenters. The summed E-state index contributed by atoms with van der Waals surface area (Å²) in [4.78, 5) is 17.7. The maximum absolute atomic E-state index is 12.0. The van der Waals surface area contributed by atoms with Gasteiger partial charge in [-0.3, -0.25) is 4.79 Å². The van der Waals surface area contributed by atoms with Crippen molar-refractivity contribution in [2.45, 2.75) is 13.5 Å². The number of aromatic nitrogens is 1. The first-order valence-corrected chi connectivity index (χ1v) is 8.11. The highest BCUT2D eigenvalue weighted by atomic mass is 79.9. The van der Waals surface area contributed by atoms with Crippen molar-refractivity contribution >= 4 is 55.5 Å². The van der Waals surface area contributed by atoms with E-state index in [0.29, 0.717) is 16.6 Å². The molecule has 102 valence electrons. The van der Waals surface area contributed by atoms with Crippen LogP contribution in [0.4, 0.5) is 10.9 Å². The molecular weight excluding hydrogens is 348 g/mol. The topological polar surface area (TPSA) is 80.0 Å². The number of rotatable bonds is 5. The van der Waals surface area contributed by atoms with E-state index in [1.54, 1.807) is 11.3 Å². The monoisotopic (exact) mass is 360 g/mol. The maximum atomic E-state index is 12.0. The van der Waals surface area contributed by atoms with Crippen LogP contribution in [0.3, 0.4) is 0 Å². The van der Waals surface area contributed by atoms with Crippen molar-refractivity contribution in [2.75, 3.05) is 17.6 Å². The second kappa shape index (κ2) is 6.36. The molecule has 4 N–H and O–H groups in total. The standard InChI is InChI=1S/C11H13BrN4OS2/c1-2-14-11-16-9(13)8(19-11)10(17)15-5-7-6(12)3-4-18-7/h3-4H,2,5,13H2,1H3,(H,14,16)(H,15,17). The molecule has 0 bridgehead atoms. The number of hydrogen-bond acceptors (Lipinski definition) is 6. The van der Waals surface area contributed by atoms with Gasteiger partial charge in [0.05, 0.1) is 6.54 Å². The zero-order chi connectivity index (χ0) is 13.8. The van der Waals surface area contributed by atoms with E-state index in [2.05, 4.69) is 31.5 Å². The molecule has 2 rings (SSSR count). The Labute approximate surface area is 127 Å². The fraction of sp³-hybridized carbons (Fsp3) is 0.273. The summed E-state index contributed by atoms with van der Waals surface area (Å²) < 4.78 is 1.00. The SMILES string of the molecule is CCNc1nc(N)c(C(=O)NCc2sccc2Br)s1. The molecule has 19 heavy (non-hydrogen) atoms. The van der Waals surface area contributed by atoms with Gasteiger partial charge in [0, 0.05) is 15.9 Å². The molecule has 2 heterocycles. The highest BCUT2D eigenvalue weighted by Gasteiger charge is 2.16. The zero-order valence-electron chi connectivity index (χ0n) is 10.2. The van der Waals surface area contributed by atoms with Crippen molar-refractivity contribution in [2.24, 2.45) is 0 Å². The Balaban J connectivity index is 2.02. The lowest BCUT2D eigenvalue weighted by atomic mass is 10.4. The molecule has 0 fully saturated rings. The quantitative estimate of drug-likeness (QED) is 0.765. The molecule has 5 nitrogen and oxygen atoms in total. The number of amides is 1.